The molecule has 21 heavy (non-hydrogen) atoms. The molecule has 0 unspecified atom stereocenters. The first-order chi connectivity index (χ1) is 9.92. The molecule has 0 atom stereocenters. The molecule has 1 aromatic rings. The molecule has 0 spiro atoms. The summed E-state index contributed by atoms with van der Waals surface area (Å²) in [5, 5.41) is 16.6. The molecule has 0 fully saturated rings. The van der Waals surface area contributed by atoms with Gasteiger partial charge in [0.1, 0.15) is 12.0 Å². The van der Waals surface area contributed by atoms with Crippen LogP contribution in [0.1, 0.15) is 50.4 Å². The maximum atomic E-state index is 12.5. The highest BCUT2D eigenvalue weighted by Gasteiger charge is 2.28. The van der Waals surface area contributed by atoms with Gasteiger partial charge in [-0.3, -0.25) is 14.9 Å². The quantitative estimate of drug-likeness (QED) is 0.595. The lowest BCUT2D eigenvalue weighted by atomic mass is 9.89. The highest BCUT2D eigenvalue weighted by Crippen LogP contribution is 2.23. The van der Waals surface area contributed by atoms with Crippen LogP contribution in [0, 0.1) is 10.1 Å². The number of nitrogens with zero attached hydrogens (tertiary/aromatic N) is 2. The van der Waals surface area contributed by atoms with Gasteiger partial charge in [-0.05, 0) is 19.3 Å². The molecule has 1 rings (SSSR count). The fourth-order valence-corrected chi connectivity index (χ4v) is 2.25. The van der Waals surface area contributed by atoms with Crippen molar-refractivity contribution < 1.29 is 9.72 Å². The highest BCUT2D eigenvalue weighted by molar-refractivity contribution is 5.99. The summed E-state index contributed by atoms with van der Waals surface area (Å²) >= 11 is 0. The number of amides is 1. The SMILES string of the molecule is CCC(CC)(CC)NC(=O)c1cc([N+](=O)[O-])cnc1NC. The molecule has 0 radical (unpaired) electrons. The number of nitro groups is 1. The number of hydrogen-bond donors (Lipinski definition) is 2. The van der Waals surface area contributed by atoms with E-state index in [1.165, 1.54) is 6.07 Å². The summed E-state index contributed by atoms with van der Waals surface area (Å²) in [4.78, 5) is 26.7. The van der Waals surface area contributed by atoms with Crippen LogP contribution in [-0.4, -0.2) is 28.4 Å². The minimum atomic E-state index is -0.560. The van der Waals surface area contributed by atoms with E-state index >= 15 is 0 Å². The van der Waals surface area contributed by atoms with Gasteiger partial charge in [0, 0.05) is 18.7 Å². The molecule has 0 aliphatic rings. The van der Waals surface area contributed by atoms with Crippen LogP contribution in [0.4, 0.5) is 11.5 Å². The Kier molecular flexibility index (Phi) is 5.63. The summed E-state index contributed by atoms with van der Waals surface area (Å²) in [6.45, 7) is 6.04. The summed E-state index contributed by atoms with van der Waals surface area (Å²) < 4.78 is 0. The van der Waals surface area contributed by atoms with Gasteiger partial charge in [-0.25, -0.2) is 4.98 Å². The van der Waals surface area contributed by atoms with Gasteiger partial charge in [0.05, 0.1) is 10.5 Å². The molecule has 0 saturated carbocycles. The molecule has 7 heteroatoms. The predicted octanol–water partition coefficient (Wildman–Crippen LogP) is 2.73. The average molecular weight is 294 g/mol. The van der Waals surface area contributed by atoms with Gasteiger partial charge in [0.25, 0.3) is 11.6 Å². The molecular formula is C14H22N4O3. The van der Waals surface area contributed by atoms with Crippen molar-refractivity contribution in [2.45, 2.75) is 45.6 Å². The first-order valence-electron chi connectivity index (χ1n) is 7.07. The molecule has 0 bridgehead atoms. The van der Waals surface area contributed by atoms with Crippen LogP contribution in [0.25, 0.3) is 0 Å². The third kappa shape index (κ3) is 3.68. The van der Waals surface area contributed by atoms with Gasteiger partial charge in [0.15, 0.2) is 0 Å². The Hall–Kier alpha value is -2.18. The van der Waals surface area contributed by atoms with Crippen molar-refractivity contribution in [3.8, 4) is 0 Å². The molecule has 1 heterocycles. The van der Waals surface area contributed by atoms with E-state index < -0.39 is 4.92 Å². The summed E-state index contributed by atoms with van der Waals surface area (Å²) in [5.74, 6) is -0.0172. The Labute approximate surface area is 124 Å². The fraction of sp³-hybridized carbons (Fsp3) is 0.571. The van der Waals surface area contributed by atoms with Crippen molar-refractivity contribution >= 4 is 17.4 Å². The Bertz CT molecular complexity index is 519. The molecule has 0 aromatic carbocycles. The van der Waals surface area contributed by atoms with Crippen LogP contribution in [0.3, 0.4) is 0 Å². The smallest absolute Gasteiger partial charge is 0.288 e. The largest absolute Gasteiger partial charge is 0.372 e. The van der Waals surface area contributed by atoms with Crippen LogP contribution in [0.2, 0.25) is 0 Å². The van der Waals surface area contributed by atoms with E-state index in [-0.39, 0.29) is 22.7 Å². The molecule has 0 aliphatic heterocycles. The van der Waals surface area contributed by atoms with Crippen LogP contribution < -0.4 is 10.6 Å². The number of pyridine rings is 1. The Morgan fingerprint density at radius 1 is 1.33 bits per heavy atom. The van der Waals surface area contributed by atoms with Gasteiger partial charge in [-0.15, -0.1) is 0 Å². The monoisotopic (exact) mass is 294 g/mol. The van der Waals surface area contributed by atoms with Crippen molar-refractivity contribution in [3.63, 3.8) is 0 Å². The van der Waals surface area contributed by atoms with Gasteiger partial charge >= 0.3 is 0 Å². The Balaban J connectivity index is 3.16. The third-order valence-corrected chi connectivity index (χ3v) is 3.97. The van der Waals surface area contributed by atoms with E-state index in [0.29, 0.717) is 5.82 Å². The second-order valence-electron chi connectivity index (χ2n) is 4.89. The van der Waals surface area contributed by atoms with Crippen molar-refractivity contribution in [1.29, 1.82) is 0 Å². The molecule has 0 saturated heterocycles. The minimum absolute atomic E-state index is 0.187. The van der Waals surface area contributed by atoms with Gasteiger partial charge in [-0.2, -0.15) is 0 Å². The standard InChI is InChI=1S/C14H22N4O3/c1-5-14(6-2,7-3)17-13(19)11-8-10(18(20)21)9-16-12(11)15-4/h8-9H,5-7H2,1-4H3,(H,15,16)(H,17,19). The Morgan fingerprint density at radius 3 is 2.33 bits per heavy atom. The number of hydrogen-bond acceptors (Lipinski definition) is 5. The van der Waals surface area contributed by atoms with Crippen molar-refractivity contribution in [3.05, 3.63) is 27.9 Å². The van der Waals surface area contributed by atoms with Gasteiger partial charge < -0.3 is 10.6 Å². The lowest BCUT2D eigenvalue weighted by Crippen LogP contribution is -2.47. The molecule has 1 aromatic heterocycles. The first-order valence-corrected chi connectivity index (χ1v) is 7.07. The number of anilines is 1. The average Bonchev–Trinajstić information content (AvgIpc) is 2.51. The zero-order valence-corrected chi connectivity index (χ0v) is 12.9. The van der Waals surface area contributed by atoms with Crippen LogP contribution in [0.5, 0.6) is 0 Å². The fourth-order valence-electron chi connectivity index (χ4n) is 2.25. The van der Waals surface area contributed by atoms with E-state index in [1.54, 1.807) is 7.05 Å². The summed E-state index contributed by atoms with van der Waals surface area (Å²) in [6, 6.07) is 1.25. The number of carbonyl (C=O) groups excluding carboxylic acids is 1. The van der Waals surface area contributed by atoms with Crippen molar-refractivity contribution in [1.82, 2.24) is 10.3 Å². The lowest BCUT2D eigenvalue weighted by molar-refractivity contribution is -0.385. The normalized spacial score (nSPS) is 11.0. The van der Waals surface area contributed by atoms with Crippen LogP contribution in [-0.2, 0) is 0 Å². The molecule has 2 N–H and O–H groups in total. The third-order valence-electron chi connectivity index (χ3n) is 3.97. The summed E-state index contributed by atoms with van der Waals surface area (Å²) in [5.41, 5.74) is -0.312. The topological polar surface area (TPSA) is 97.2 Å². The summed E-state index contributed by atoms with van der Waals surface area (Å²) in [6.07, 6.45) is 3.52. The van der Waals surface area contributed by atoms with Crippen molar-refractivity contribution in [2.75, 3.05) is 12.4 Å². The molecule has 7 nitrogen and oxygen atoms in total. The highest BCUT2D eigenvalue weighted by atomic mass is 16.6. The molecule has 116 valence electrons. The van der Waals surface area contributed by atoms with Gasteiger partial charge in [0.2, 0.25) is 0 Å². The first kappa shape index (κ1) is 16.9. The number of rotatable bonds is 7. The van der Waals surface area contributed by atoms with E-state index in [1.807, 2.05) is 20.8 Å². The second-order valence-corrected chi connectivity index (χ2v) is 4.89. The number of carbonyl (C=O) groups is 1. The van der Waals surface area contributed by atoms with E-state index in [4.69, 9.17) is 0 Å². The molecule has 0 aliphatic carbocycles. The van der Waals surface area contributed by atoms with Crippen molar-refractivity contribution in [2.24, 2.45) is 0 Å². The number of aromatic nitrogens is 1. The molecular weight excluding hydrogens is 272 g/mol. The molecule has 1 amide bonds. The minimum Gasteiger partial charge on any atom is -0.372 e. The lowest BCUT2D eigenvalue weighted by Gasteiger charge is -2.32. The van der Waals surface area contributed by atoms with E-state index in [0.717, 1.165) is 25.5 Å². The zero-order chi connectivity index (χ0) is 16.0. The van der Waals surface area contributed by atoms with E-state index in [9.17, 15) is 14.9 Å². The Morgan fingerprint density at radius 2 is 1.90 bits per heavy atom. The zero-order valence-electron chi connectivity index (χ0n) is 12.9. The number of nitrogens with one attached hydrogen (secondary N) is 2. The van der Waals surface area contributed by atoms with Crippen LogP contribution in [0.15, 0.2) is 12.3 Å². The summed E-state index contributed by atoms with van der Waals surface area (Å²) in [7, 11) is 1.62. The predicted molar refractivity (Wildman–Crippen MR) is 81.5 cm³/mol. The maximum absolute atomic E-state index is 12.5. The van der Waals surface area contributed by atoms with Crippen LogP contribution >= 0.6 is 0 Å². The van der Waals surface area contributed by atoms with Gasteiger partial charge in [-0.1, -0.05) is 20.8 Å². The second kappa shape index (κ2) is 7.01. The van der Waals surface area contributed by atoms with E-state index in [2.05, 4.69) is 15.6 Å². The maximum Gasteiger partial charge on any atom is 0.288 e.